The van der Waals surface area contributed by atoms with Crippen molar-refractivity contribution >= 4 is 5.78 Å². The van der Waals surface area contributed by atoms with Crippen LogP contribution in [0.4, 0.5) is 0 Å². The minimum atomic E-state index is -0.370. The van der Waals surface area contributed by atoms with Crippen molar-refractivity contribution in [3.63, 3.8) is 0 Å². The number of hydrogen-bond donors (Lipinski definition) is 0. The Bertz CT molecular complexity index is 196. The van der Waals surface area contributed by atoms with Gasteiger partial charge in [-0.05, 0) is 19.9 Å². The Morgan fingerprint density at radius 1 is 1.55 bits per heavy atom. The van der Waals surface area contributed by atoms with Crippen molar-refractivity contribution in [1.29, 1.82) is 0 Å². The smallest absolute Gasteiger partial charge is 0.225 e. The number of ether oxygens (including phenoxy) is 2. The second-order valence-electron chi connectivity index (χ2n) is 2.58. The Morgan fingerprint density at radius 2 is 2.18 bits per heavy atom. The number of methoxy groups -OCH3 is 1. The number of carbonyl (C=O) groups is 1. The van der Waals surface area contributed by atoms with Gasteiger partial charge in [-0.2, -0.15) is 0 Å². The lowest BCUT2D eigenvalue weighted by atomic mass is 10.1. The molecule has 0 radical (unpaired) electrons. The highest BCUT2D eigenvalue weighted by atomic mass is 16.5. The molecule has 1 aliphatic rings. The van der Waals surface area contributed by atoms with Crippen LogP contribution in [0.2, 0.25) is 0 Å². The zero-order valence-corrected chi connectivity index (χ0v) is 6.96. The molecule has 0 aromatic heterocycles. The van der Waals surface area contributed by atoms with Gasteiger partial charge in [0, 0.05) is 0 Å². The van der Waals surface area contributed by atoms with Crippen LogP contribution in [0.3, 0.4) is 0 Å². The predicted molar refractivity (Wildman–Crippen MR) is 40.1 cm³/mol. The van der Waals surface area contributed by atoms with Gasteiger partial charge in [0.2, 0.25) is 5.78 Å². The Morgan fingerprint density at radius 3 is 2.73 bits per heavy atom. The average molecular weight is 156 g/mol. The lowest BCUT2D eigenvalue weighted by Crippen LogP contribution is -2.31. The standard InChI is InChI=1S/C8H12O3/c1-5-4-7(10-3)8(9)6(2)11-5/h4-6H,1-3H3. The zero-order valence-electron chi connectivity index (χ0n) is 6.96. The van der Waals surface area contributed by atoms with Crippen LogP contribution in [-0.4, -0.2) is 25.1 Å². The average Bonchev–Trinajstić information content (AvgIpc) is 1.96. The lowest BCUT2D eigenvalue weighted by molar-refractivity contribution is -0.133. The molecule has 0 aromatic carbocycles. The Labute approximate surface area is 66.0 Å². The highest BCUT2D eigenvalue weighted by Gasteiger charge is 2.25. The molecular weight excluding hydrogens is 144 g/mol. The molecule has 1 aliphatic heterocycles. The Kier molecular flexibility index (Phi) is 2.29. The van der Waals surface area contributed by atoms with E-state index in [4.69, 9.17) is 9.47 Å². The summed E-state index contributed by atoms with van der Waals surface area (Å²) in [5, 5.41) is 0. The zero-order chi connectivity index (χ0) is 8.43. The summed E-state index contributed by atoms with van der Waals surface area (Å²) in [5.41, 5.74) is 0. The second-order valence-corrected chi connectivity index (χ2v) is 2.58. The van der Waals surface area contributed by atoms with Crippen molar-refractivity contribution in [2.45, 2.75) is 26.1 Å². The van der Waals surface area contributed by atoms with Gasteiger partial charge in [-0.15, -0.1) is 0 Å². The molecule has 1 rings (SSSR count). The van der Waals surface area contributed by atoms with Crippen molar-refractivity contribution in [1.82, 2.24) is 0 Å². The van der Waals surface area contributed by atoms with Crippen molar-refractivity contribution in [3.05, 3.63) is 11.8 Å². The van der Waals surface area contributed by atoms with Crippen LogP contribution in [0, 0.1) is 0 Å². The van der Waals surface area contributed by atoms with E-state index in [1.807, 2.05) is 6.92 Å². The first kappa shape index (κ1) is 8.27. The lowest BCUT2D eigenvalue weighted by Gasteiger charge is -2.22. The number of Topliss-reactive ketones (excluding diaryl/α,β-unsaturated/α-hetero) is 1. The van der Waals surface area contributed by atoms with E-state index >= 15 is 0 Å². The van der Waals surface area contributed by atoms with Gasteiger partial charge in [0.25, 0.3) is 0 Å². The SMILES string of the molecule is COC1=CC(C)OC(C)C1=O. The van der Waals surface area contributed by atoms with Gasteiger partial charge < -0.3 is 9.47 Å². The van der Waals surface area contributed by atoms with E-state index in [1.54, 1.807) is 13.0 Å². The van der Waals surface area contributed by atoms with Crippen LogP contribution in [-0.2, 0) is 14.3 Å². The van der Waals surface area contributed by atoms with Gasteiger partial charge in [-0.25, -0.2) is 0 Å². The van der Waals surface area contributed by atoms with E-state index in [1.165, 1.54) is 7.11 Å². The molecule has 0 spiro atoms. The monoisotopic (exact) mass is 156 g/mol. The summed E-state index contributed by atoms with van der Waals surface area (Å²) in [6, 6.07) is 0. The normalized spacial score (nSPS) is 31.5. The molecule has 0 aliphatic carbocycles. The van der Waals surface area contributed by atoms with Gasteiger partial charge in [-0.1, -0.05) is 0 Å². The fraction of sp³-hybridized carbons (Fsp3) is 0.625. The molecule has 11 heavy (non-hydrogen) atoms. The van der Waals surface area contributed by atoms with Crippen molar-refractivity contribution in [2.75, 3.05) is 7.11 Å². The van der Waals surface area contributed by atoms with Crippen LogP contribution in [0.15, 0.2) is 11.8 Å². The topological polar surface area (TPSA) is 35.5 Å². The highest BCUT2D eigenvalue weighted by molar-refractivity contribution is 5.97. The summed E-state index contributed by atoms with van der Waals surface area (Å²) in [6.45, 7) is 3.60. The molecule has 0 bridgehead atoms. The van der Waals surface area contributed by atoms with E-state index in [9.17, 15) is 4.79 Å². The maximum Gasteiger partial charge on any atom is 0.225 e. The molecule has 2 unspecified atom stereocenters. The predicted octanol–water partition coefficient (Wildman–Crippen LogP) is 0.893. The van der Waals surface area contributed by atoms with Gasteiger partial charge in [0.1, 0.15) is 6.10 Å². The third-order valence-electron chi connectivity index (χ3n) is 1.64. The van der Waals surface area contributed by atoms with E-state index < -0.39 is 0 Å². The molecule has 3 nitrogen and oxygen atoms in total. The molecule has 1 heterocycles. The third kappa shape index (κ3) is 1.60. The molecular formula is C8H12O3. The van der Waals surface area contributed by atoms with Crippen molar-refractivity contribution < 1.29 is 14.3 Å². The van der Waals surface area contributed by atoms with Crippen LogP contribution < -0.4 is 0 Å². The largest absolute Gasteiger partial charge is 0.493 e. The van der Waals surface area contributed by atoms with Gasteiger partial charge in [0.15, 0.2) is 5.76 Å². The maximum absolute atomic E-state index is 11.2. The minimum absolute atomic E-state index is 0.0300. The van der Waals surface area contributed by atoms with E-state index in [0.717, 1.165) is 0 Å². The summed E-state index contributed by atoms with van der Waals surface area (Å²) in [5.74, 6) is 0.335. The van der Waals surface area contributed by atoms with Crippen molar-refractivity contribution in [2.24, 2.45) is 0 Å². The molecule has 0 aromatic rings. The molecule has 62 valence electrons. The second kappa shape index (κ2) is 3.05. The molecule has 0 saturated heterocycles. The van der Waals surface area contributed by atoms with Crippen LogP contribution in [0.1, 0.15) is 13.8 Å². The van der Waals surface area contributed by atoms with E-state index in [0.29, 0.717) is 5.76 Å². The quantitative estimate of drug-likeness (QED) is 0.565. The van der Waals surface area contributed by atoms with Crippen LogP contribution >= 0.6 is 0 Å². The number of carbonyl (C=O) groups excluding carboxylic acids is 1. The summed E-state index contributed by atoms with van der Waals surface area (Å²) < 4.78 is 10.1. The maximum atomic E-state index is 11.2. The van der Waals surface area contributed by atoms with E-state index in [2.05, 4.69) is 0 Å². The summed E-state index contributed by atoms with van der Waals surface area (Å²) in [6.07, 6.45) is 1.28. The molecule has 0 N–H and O–H groups in total. The Balaban J connectivity index is 2.81. The third-order valence-corrected chi connectivity index (χ3v) is 1.64. The van der Waals surface area contributed by atoms with Crippen LogP contribution in [0.5, 0.6) is 0 Å². The van der Waals surface area contributed by atoms with Gasteiger partial charge >= 0.3 is 0 Å². The van der Waals surface area contributed by atoms with Crippen LogP contribution in [0.25, 0.3) is 0 Å². The molecule has 3 heteroatoms. The fourth-order valence-electron chi connectivity index (χ4n) is 1.09. The molecule has 0 saturated carbocycles. The first-order valence-electron chi connectivity index (χ1n) is 3.60. The molecule has 2 atom stereocenters. The number of hydrogen-bond acceptors (Lipinski definition) is 3. The summed E-state index contributed by atoms with van der Waals surface area (Å²) >= 11 is 0. The first-order chi connectivity index (χ1) is 5.15. The molecule has 0 fully saturated rings. The van der Waals surface area contributed by atoms with Gasteiger partial charge in [0.05, 0.1) is 13.2 Å². The van der Waals surface area contributed by atoms with Crippen molar-refractivity contribution in [3.8, 4) is 0 Å². The summed E-state index contributed by atoms with van der Waals surface area (Å²) in [4.78, 5) is 11.2. The van der Waals surface area contributed by atoms with Gasteiger partial charge in [-0.3, -0.25) is 4.79 Å². The number of rotatable bonds is 1. The van der Waals surface area contributed by atoms with E-state index in [-0.39, 0.29) is 18.0 Å². The fourth-order valence-corrected chi connectivity index (χ4v) is 1.09. The minimum Gasteiger partial charge on any atom is -0.493 e. The molecule has 0 amide bonds. The Hall–Kier alpha value is -0.830. The number of ketones is 1. The first-order valence-corrected chi connectivity index (χ1v) is 3.60. The highest BCUT2D eigenvalue weighted by Crippen LogP contribution is 2.15. The summed E-state index contributed by atoms with van der Waals surface area (Å²) in [7, 11) is 1.49.